The number of rotatable bonds is 9. The predicted molar refractivity (Wildman–Crippen MR) is 103 cm³/mol. The minimum atomic E-state index is -3.13. The van der Waals surface area contributed by atoms with E-state index < -0.39 is 13.5 Å². The fraction of sp³-hybridized carbons (Fsp3) is 0.895. The minimum absolute atomic E-state index is 0.0757. The number of ether oxygens (including phenoxy) is 2. The Hall–Kier alpha value is -1.07. The quantitative estimate of drug-likeness (QED) is 0.261. The van der Waals surface area contributed by atoms with Gasteiger partial charge in [0.2, 0.25) is 14.2 Å². The third kappa shape index (κ3) is 9.11. The lowest BCUT2D eigenvalue weighted by atomic mass is 9.89. The molecule has 156 valence electrons. The molecule has 1 unspecified atom stereocenters. The van der Waals surface area contributed by atoms with Gasteiger partial charge >= 0.3 is 12.1 Å². The van der Waals surface area contributed by atoms with Crippen LogP contribution in [-0.2, 0) is 18.8 Å². The highest BCUT2D eigenvalue weighted by Crippen LogP contribution is 2.45. The van der Waals surface area contributed by atoms with Gasteiger partial charge in [0, 0.05) is 18.9 Å². The van der Waals surface area contributed by atoms with Crippen molar-refractivity contribution < 1.29 is 28.5 Å². The van der Waals surface area contributed by atoms with Crippen molar-refractivity contribution in [3.8, 4) is 0 Å². The van der Waals surface area contributed by atoms with Crippen molar-refractivity contribution in [2.75, 3.05) is 25.7 Å². The fourth-order valence-electron chi connectivity index (χ4n) is 4.03. The summed E-state index contributed by atoms with van der Waals surface area (Å²) in [7, 11) is -3.13. The van der Waals surface area contributed by atoms with E-state index in [9.17, 15) is 19.0 Å². The first kappa shape index (κ1) is 22.2. The summed E-state index contributed by atoms with van der Waals surface area (Å²) < 4.78 is 22.1. The SMILES string of the molecule is O=C(NCCCP(=O)(O)CC1CCCCC1)OCOC(=O)C1CCCCC1. The molecule has 0 aliphatic heterocycles. The summed E-state index contributed by atoms with van der Waals surface area (Å²) >= 11 is 0. The molecule has 0 aromatic carbocycles. The highest BCUT2D eigenvalue weighted by molar-refractivity contribution is 7.57. The number of carbonyl (C=O) groups is 2. The van der Waals surface area contributed by atoms with Gasteiger partial charge in [-0.05, 0) is 38.0 Å². The maximum absolute atomic E-state index is 12.3. The van der Waals surface area contributed by atoms with E-state index in [2.05, 4.69) is 5.32 Å². The Labute approximate surface area is 162 Å². The Bertz CT molecular complexity index is 514. The second kappa shape index (κ2) is 11.7. The highest BCUT2D eigenvalue weighted by atomic mass is 31.2. The summed E-state index contributed by atoms with van der Waals surface area (Å²) in [5.74, 6) is -0.00827. The van der Waals surface area contributed by atoms with Crippen molar-refractivity contribution in [1.29, 1.82) is 0 Å². The summed E-state index contributed by atoms with van der Waals surface area (Å²) in [5.41, 5.74) is 0. The Morgan fingerprint density at radius 2 is 1.59 bits per heavy atom. The number of alkyl carbamates (subject to hydrolysis) is 1. The molecule has 2 saturated carbocycles. The number of carbonyl (C=O) groups excluding carboxylic acids is 2. The molecule has 27 heavy (non-hydrogen) atoms. The van der Waals surface area contributed by atoms with Gasteiger partial charge in [-0.2, -0.15) is 0 Å². The summed E-state index contributed by atoms with van der Waals surface area (Å²) in [6.45, 7) is -0.119. The van der Waals surface area contributed by atoms with Gasteiger partial charge in [0.15, 0.2) is 0 Å². The van der Waals surface area contributed by atoms with E-state index in [-0.39, 0.29) is 31.4 Å². The fourth-order valence-corrected chi connectivity index (χ4v) is 6.04. The molecule has 2 rings (SSSR count). The van der Waals surface area contributed by atoms with Gasteiger partial charge in [0.05, 0.1) is 5.92 Å². The number of hydrogen-bond donors (Lipinski definition) is 2. The van der Waals surface area contributed by atoms with Crippen LogP contribution in [0.3, 0.4) is 0 Å². The molecule has 2 aliphatic carbocycles. The summed E-state index contributed by atoms with van der Waals surface area (Å²) in [5, 5.41) is 2.53. The highest BCUT2D eigenvalue weighted by Gasteiger charge is 2.25. The molecule has 1 atom stereocenters. The molecule has 8 heteroatoms. The van der Waals surface area contributed by atoms with Crippen LogP contribution >= 0.6 is 7.37 Å². The average Bonchev–Trinajstić information content (AvgIpc) is 2.66. The Kier molecular flexibility index (Phi) is 9.63. The molecule has 2 fully saturated rings. The third-order valence-electron chi connectivity index (χ3n) is 5.55. The molecule has 0 heterocycles. The zero-order chi connectivity index (χ0) is 19.5. The lowest BCUT2D eigenvalue weighted by Gasteiger charge is -2.24. The van der Waals surface area contributed by atoms with Crippen molar-refractivity contribution in [3.63, 3.8) is 0 Å². The normalized spacial score (nSPS) is 21.2. The van der Waals surface area contributed by atoms with Crippen LogP contribution in [0.25, 0.3) is 0 Å². The van der Waals surface area contributed by atoms with Crippen LogP contribution in [0.1, 0.15) is 70.6 Å². The van der Waals surface area contributed by atoms with Gasteiger partial charge in [-0.1, -0.05) is 38.5 Å². The molecule has 0 bridgehead atoms. The molecule has 2 aliphatic rings. The molecular weight excluding hydrogens is 369 g/mol. The van der Waals surface area contributed by atoms with Crippen LogP contribution in [0, 0.1) is 11.8 Å². The van der Waals surface area contributed by atoms with Crippen molar-refractivity contribution in [2.45, 2.75) is 70.6 Å². The van der Waals surface area contributed by atoms with E-state index in [1.54, 1.807) is 0 Å². The molecule has 7 nitrogen and oxygen atoms in total. The molecular formula is C19H34NO6P. The van der Waals surface area contributed by atoms with E-state index in [4.69, 9.17) is 9.47 Å². The first-order chi connectivity index (χ1) is 13.0. The van der Waals surface area contributed by atoms with Crippen molar-refractivity contribution in [2.24, 2.45) is 11.8 Å². The molecule has 0 saturated heterocycles. The van der Waals surface area contributed by atoms with Gasteiger partial charge in [0.25, 0.3) is 0 Å². The van der Waals surface area contributed by atoms with Crippen LogP contribution < -0.4 is 5.32 Å². The molecule has 0 spiro atoms. The number of nitrogens with one attached hydrogen (secondary N) is 1. The topological polar surface area (TPSA) is 102 Å². The van der Waals surface area contributed by atoms with Crippen LogP contribution in [0.2, 0.25) is 0 Å². The Morgan fingerprint density at radius 3 is 2.26 bits per heavy atom. The lowest BCUT2D eigenvalue weighted by molar-refractivity contribution is -0.157. The summed E-state index contributed by atoms with van der Waals surface area (Å²) in [4.78, 5) is 33.5. The van der Waals surface area contributed by atoms with Crippen molar-refractivity contribution >= 4 is 19.4 Å². The third-order valence-corrected chi connectivity index (χ3v) is 7.65. The van der Waals surface area contributed by atoms with Crippen LogP contribution in [0.4, 0.5) is 4.79 Å². The van der Waals surface area contributed by atoms with E-state index >= 15 is 0 Å². The van der Waals surface area contributed by atoms with Crippen LogP contribution in [0.5, 0.6) is 0 Å². The second-order valence-electron chi connectivity index (χ2n) is 7.88. The minimum Gasteiger partial charge on any atom is -0.428 e. The van der Waals surface area contributed by atoms with Crippen LogP contribution in [-0.4, -0.2) is 42.6 Å². The predicted octanol–water partition coefficient (Wildman–Crippen LogP) is 4.03. The number of esters is 1. The van der Waals surface area contributed by atoms with Crippen molar-refractivity contribution in [3.05, 3.63) is 0 Å². The van der Waals surface area contributed by atoms with E-state index in [1.807, 2.05) is 0 Å². The largest absolute Gasteiger partial charge is 0.428 e. The van der Waals surface area contributed by atoms with E-state index in [0.717, 1.165) is 57.8 Å². The molecule has 1 amide bonds. The van der Waals surface area contributed by atoms with E-state index in [0.29, 0.717) is 18.5 Å². The summed E-state index contributed by atoms with van der Waals surface area (Å²) in [6.07, 6.45) is 10.9. The van der Waals surface area contributed by atoms with Gasteiger partial charge in [-0.25, -0.2) is 4.79 Å². The zero-order valence-corrected chi connectivity index (χ0v) is 17.1. The van der Waals surface area contributed by atoms with Crippen molar-refractivity contribution in [1.82, 2.24) is 5.32 Å². The molecule has 0 radical (unpaired) electrons. The van der Waals surface area contributed by atoms with Crippen LogP contribution in [0.15, 0.2) is 0 Å². The lowest BCUT2D eigenvalue weighted by Crippen LogP contribution is -2.28. The van der Waals surface area contributed by atoms with Gasteiger partial charge in [0.1, 0.15) is 0 Å². The number of hydrogen-bond acceptors (Lipinski definition) is 5. The number of amides is 1. The Balaban J connectivity index is 1.51. The average molecular weight is 403 g/mol. The van der Waals surface area contributed by atoms with Gasteiger partial charge in [-0.3, -0.25) is 9.36 Å². The first-order valence-corrected chi connectivity index (χ1v) is 12.4. The molecule has 2 N–H and O–H groups in total. The van der Waals surface area contributed by atoms with Gasteiger partial charge < -0.3 is 19.7 Å². The molecule has 0 aromatic rings. The zero-order valence-electron chi connectivity index (χ0n) is 16.2. The maximum atomic E-state index is 12.3. The van der Waals surface area contributed by atoms with Gasteiger partial charge in [-0.15, -0.1) is 0 Å². The summed E-state index contributed by atoms with van der Waals surface area (Å²) in [6, 6.07) is 0. The van der Waals surface area contributed by atoms with E-state index in [1.165, 1.54) is 6.42 Å². The standard InChI is InChI=1S/C19H34NO6P/c21-18(17-10-5-2-6-11-17)25-15-26-19(22)20-12-7-13-27(23,24)14-16-8-3-1-4-9-16/h16-17H,1-15H2,(H,20,22)(H,23,24). The maximum Gasteiger partial charge on any atom is 0.410 e. The molecule has 0 aromatic heterocycles. The first-order valence-electron chi connectivity index (χ1n) is 10.3. The monoisotopic (exact) mass is 403 g/mol. The Morgan fingerprint density at radius 1 is 0.963 bits per heavy atom. The second-order valence-corrected chi connectivity index (χ2v) is 10.4. The smallest absolute Gasteiger partial charge is 0.410 e.